The summed E-state index contributed by atoms with van der Waals surface area (Å²) in [6, 6.07) is 0. The number of carbonyl (C=O) groups is 1. The zero-order chi connectivity index (χ0) is 12.5. The second-order valence-corrected chi connectivity index (χ2v) is 8.74. The zero-order valence-electron chi connectivity index (χ0n) is 11.0. The van der Waals surface area contributed by atoms with Crippen LogP contribution in [0.5, 0.6) is 0 Å². The van der Waals surface area contributed by atoms with Gasteiger partial charge in [-0.05, 0) is 56.8 Å². The Morgan fingerprint density at radius 1 is 1.22 bits per heavy atom. The standard InChI is InChI=1S/C15H21IO2/c1-14-6-5-10-11(16)4-2-3-9(13(17)18-14)12(14)15(10)7-8-15/h9-12H,2-8H2,1H3/t9?,10?,11-,12?,14+/m1/s1. The Bertz CT molecular complexity index is 403. The van der Waals surface area contributed by atoms with E-state index >= 15 is 0 Å². The molecule has 1 saturated heterocycles. The van der Waals surface area contributed by atoms with E-state index in [1.54, 1.807) is 0 Å². The van der Waals surface area contributed by atoms with E-state index in [0.29, 0.717) is 11.3 Å². The quantitative estimate of drug-likeness (QED) is 0.374. The van der Waals surface area contributed by atoms with Crippen molar-refractivity contribution >= 4 is 28.6 Å². The number of rotatable bonds is 0. The number of ether oxygens (including phenoxy) is 1. The highest BCUT2D eigenvalue weighted by atomic mass is 127. The molecule has 2 nitrogen and oxygen atoms in total. The normalized spacial score (nSPS) is 52.7. The Morgan fingerprint density at radius 2 is 2.00 bits per heavy atom. The molecule has 0 aromatic heterocycles. The number of alkyl halides is 1. The van der Waals surface area contributed by atoms with Crippen molar-refractivity contribution in [2.75, 3.05) is 0 Å². The fraction of sp³-hybridized carbons (Fsp3) is 0.933. The number of hydrogen-bond acceptors (Lipinski definition) is 2. The van der Waals surface area contributed by atoms with E-state index in [2.05, 4.69) is 29.5 Å². The Hall–Kier alpha value is 0.200. The minimum Gasteiger partial charge on any atom is -0.459 e. The number of hydrogen-bond donors (Lipinski definition) is 0. The lowest BCUT2D eigenvalue weighted by Gasteiger charge is -2.49. The maximum Gasteiger partial charge on any atom is 0.309 e. The van der Waals surface area contributed by atoms with Gasteiger partial charge in [0, 0.05) is 9.84 Å². The fourth-order valence-corrected chi connectivity index (χ4v) is 7.01. The Morgan fingerprint density at radius 3 is 2.72 bits per heavy atom. The molecule has 100 valence electrons. The highest BCUT2D eigenvalue weighted by Gasteiger charge is 2.70. The molecule has 0 aromatic rings. The monoisotopic (exact) mass is 360 g/mol. The predicted octanol–water partition coefficient (Wildman–Crippen LogP) is 3.71. The van der Waals surface area contributed by atoms with E-state index in [-0.39, 0.29) is 17.5 Å². The molecule has 3 aliphatic carbocycles. The highest BCUT2D eigenvalue weighted by Crippen LogP contribution is 2.71. The molecule has 0 N–H and O–H groups in total. The van der Waals surface area contributed by atoms with Crippen LogP contribution >= 0.6 is 22.6 Å². The SMILES string of the molecule is C[C@@]12CCC3[C@H](I)CCCC(C(=O)O1)C2C31CC1. The first kappa shape index (κ1) is 12.0. The van der Waals surface area contributed by atoms with Gasteiger partial charge < -0.3 is 4.74 Å². The van der Waals surface area contributed by atoms with Crippen molar-refractivity contribution in [2.24, 2.45) is 23.2 Å². The summed E-state index contributed by atoms with van der Waals surface area (Å²) in [6.45, 7) is 2.22. The van der Waals surface area contributed by atoms with Gasteiger partial charge in [-0.3, -0.25) is 4.79 Å². The lowest BCUT2D eigenvalue weighted by atomic mass is 9.57. The van der Waals surface area contributed by atoms with Gasteiger partial charge in [0.15, 0.2) is 0 Å². The molecule has 3 heteroatoms. The zero-order valence-corrected chi connectivity index (χ0v) is 13.1. The smallest absolute Gasteiger partial charge is 0.309 e. The van der Waals surface area contributed by atoms with E-state index in [1.165, 1.54) is 32.1 Å². The molecular formula is C15H21IO2. The van der Waals surface area contributed by atoms with Crippen molar-refractivity contribution in [3.63, 3.8) is 0 Å². The van der Waals surface area contributed by atoms with Gasteiger partial charge in [0.05, 0.1) is 5.92 Å². The van der Waals surface area contributed by atoms with Crippen LogP contribution in [0.3, 0.4) is 0 Å². The van der Waals surface area contributed by atoms with Crippen LogP contribution in [-0.2, 0) is 9.53 Å². The molecule has 5 atom stereocenters. The van der Waals surface area contributed by atoms with Crippen LogP contribution in [-0.4, -0.2) is 15.5 Å². The molecule has 0 radical (unpaired) electrons. The van der Waals surface area contributed by atoms with Crippen molar-refractivity contribution in [3.05, 3.63) is 0 Å². The molecule has 0 aromatic carbocycles. The number of carbonyl (C=O) groups excluding carboxylic acids is 1. The predicted molar refractivity (Wildman–Crippen MR) is 77.5 cm³/mol. The highest BCUT2D eigenvalue weighted by molar-refractivity contribution is 14.1. The molecule has 2 bridgehead atoms. The van der Waals surface area contributed by atoms with Crippen LogP contribution in [0.25, 0.3) is 0 Å². The summed E-state index contributed by atoms with van der Waals surface area (Å²) >= 11 is 2.69. The second-order valence-electron chi connectivity index (χ2n) is 7.14. The van der Waals surface area contributed by atoms with Crippen LogP contribution in [0, 0.1) is 23.2 Å². The summed E-state index contributed by atoms with van der Waals surface area (Å²) in [4.78, 5) is 12.2. The fourth-order valence-electron chi connectivity index (χ4n) is 5.49. The van der Waals surface area contributed by atoms with E-state index in [1.807, 2.05) is 0 Å². The summed E-state index contributed by atoms with van der Waals surface area (Å²) in [5.74, 6) is 1.74. The molecule has 1 heterocycles. The molecule has 18 heavy (non-hydrogen) atoms. The lowest BCUT2D eigenvalue weighted by Crippen LogP contribution is -2.50. The van der Waals surface area contributed by atoms with Crippen molar-refractivity contribution in [1.82, 2.24) is 0 Å². The van der Waals surface area contributed by atoms with Crippen molar-refractivity contribution < 1.29 is 9.53 Å². The summed E-state index contributed by atoms with van der Waals surface area (Å²) < 4.78 is 6.69. The molecule has 3 unspecified atom stereocenters. The average Bonchev–Trinajstić information content (AvgIpc) is 3.01. The first-order chi connectivity index (χ1) is 8.57. The molecule has 1 spiro atoms. The average molecular weight is 360 g/mol. The van der Waals surface area contributed by atoms with Gasteiger partial charge in [-0.25, -0.2) is 0 Å². The van der Waals surface area contributed by atoms with Crippen LogP contribution in [0.2, 0.25) is 0 Å². The van der Waals surface area contributed by atoms with Gasteiger partial charge in [0.25, 0.3) is 0 Å². The van der Waals surface area contributed by atoms with E-state index in [4.69, 9.17) is 4.74 Å². The molecule has 4 aliphatic rings. The first-order valence-corrected chi connectivity index (χ1v) is 8.68. The Balaban J connectivity index is 1.81. The molecular weight excluding hydrogens is 339 g/mol. The third kappa shape index (κ3) is 1.37. The van der Waals surface area contributed by atoms with Crippen LogP contribution in [0.15, 0.2) is 0 Å². The topological polar surface area (TPSA) is 26.3 Å². The largest absolute Gasteiger partial charge is 0.459 e. The molecule has 4 rings (SSSR count). The van der Waals surface area contributed by atoms with Gasteiger partial charge >= 0.3 is 5.97 Å². The van der Waals surface area contributed by atoms with Crippen LogP contribution in [0.1, 0.15) is 51.9 Å². The van der Waals surface area contributed by atoms with Gasteiger partial charge in [0.1, 0.15) is 5.60 Å². The van der Waals surface area contributed by atoms with Gasteiger partial charge in [-0.15, -0.1) is 0 Å². The first-order valence-electron chi connectivity index (χ1n) is 7.44. The molecule has 4 fully saturated rings. The van der Waals surface area contributed by atoms with Crippen LogP contribution in [0.4, 0.5) is 0 Å². The van der Waals surface area contributed by atoms with E-state index < -0.39 is 0 Å². The second kappa shape index (κ2) is 3.64. The summed E-state index contributed by atoms with van der Waals surface area (Å²) in [5, 5.41) is 0. The number of halogens is 1. The van der Waals surface area contributed by atoms with Crippen LogP contribution < -0.4 is 0 Å². The molecule has 1 aliphatic heterocycles. The van der Waals surface area contributed by atoms with Crippen molar-refractivity contribution in [1.29, 1.82) is 0 Å². The maximum atomic E-state index is 12.2. The Kier molecular flexibility index (Phi) is 2.42. The minimum atomic E-state index is -0.123. The van der Waals surface area contributed by atoms with Gasteiger partial charge in [-0.1, -0.05) is 29.0 Å². The van der Waals surface area contributed by atoms with Gasteiger partial charge in [0.2, 0.25) is 0 Å². The summed E-state index contributed by atoms with van der Waals surface area (Å²) in [6.07, 6.45) is 8.68. The summed E-state index contributed by atoms with van der Waals surface area (Å²) in [5.41, 5.74) is 0.360. The minimum absolute atomic E-state index is 0.123. The van der Waals surface area contributed by atoms with Gasteiger partial charge in [-0.2, -0.15) is 0 Å². The maximum absolute atomic E-state index is 12.2. The van der Waals surface area contributed by atoms with Crippen molar-refractivity contribution in [3.8, 4) is 0 Å². The van der Waals surface area contributed by atoms with Crippen molar-refractivity contribution in [2.45, 2.75) is 61.4 Å². The number of esters is 1. The third-order valence-electron chi connectivity index (χ3n) is 6.27. The van der Waals surface area contributed by atoms with E-state index in [9.17, 15) is 4.79 Å². The van der Waals surface area contributed by atoms with E-state index in [0.717, 1.165) is 22.7 Å². The Labute approximate surface area is 122 Å². The molecule has 0 amide bonds. The lowest BCUT2D eigenvalue weighted by molar-refractivity contribution is -0.152. The third-order valence-corrected chi connectivity index (χ3v) is 7.76. The molecule has 3 saturated carbocycles. The summed E-state index contributed by atoms with van der Waals surface area (Å²) in [7, 11) is 0.